The van der Waals surface area contributed by atoms with E-state index in [4.69, 9.17) is 16.0 Å². The first-order valence-electron chi connectivity index (χ1n) is 8.17. The number of phenols is 1. The van der Waals surface area contributed by atoms with E-state index in [1.807, 2.05) is 6.07 Å². The van der Waals surface area contributed by atoms with Crippen LogP contribution in [0.15, 0.2) is 40.8 Å². The van der Waals surface area contributed by atoms with Gasteiger partial charge in [-0.2, -0.15) is 18.4 Å². The SMILES string of the molecule is Oc1ccc(CCc2ccc3cc(-c4nn[nH]n4)oc3c2Cl)cc1C(F)(F)F. The number of nitrogens with zero attached hydrogens (tertiary/aromatic N) is 3. The van der Waals surface area contributed by atoms with Crippen LogP contribution in [0.4, 0.5) is 13.2 Å². The van der Waals surface area contributed by atoms with E-state index in [1.54, 1.807) is 12.1 Å². The number of furan rings is 1. The molecule has 2 N–H and O–H groups in total. The highest BCUT2D eigenvalue weighted by Crippen LogP contribution is 2.37. The molecule has 0 radical (unpaired) electrons. The summed E-state index contributed by atoms with van der Waals surface area (Å²) in [6.07, 6.45) is -3.90. The van der Waals surface area contributed by atoms with E-state index < -0.39 is 17.5 Å². The van der Waals surface area contributed by atoms with Crippen molar-refractivity contribution < 1.29 is 22.7 Å². The Bertz CT molecular complexity index is 1140. The standard InChI is InChI=1S/C18H12ClF3N4O2/c19-15-10(3-1-9-2-6-13(27)12(7-9)18(20,21)22)4-5-11-8-14(28-16(11)15)17-23-25-26-24-17/h2,4-8,27H,1,3H2,(H,23,24,25,26). The van der Waals surface area contributed by atoms with Crippen molar-refractivity contribution in [2.75, 3.05) is 0 Å². The van der Waals surface area contributed by atoms with E-state index >= 15 is 0 Å². The number of tetrazole rings is 1. The number of hydrogen-bond donors (Lipinski definition) is 2. The lowest BCUT2D eigenvalue weighted by atomic mass is 10.0. The molecule has 0 saturated heterocycles. The van der Waals surface area contributed by atoms with Gasteiger partial charge in [-0.15, -0.1) is 10.2 Å². The van der Waals surface area contributed by atoms with Gasteiger partial charge in [0.2, 0.25) is 5.82 Å². The Morgan fingerprint density at radius 3 is 2.64 bits per heavy atom. The van der Waals surface area contributed by atoms with E-state index in [2.05, 4.69) is 20.6 Å². The maximum Gasteiger partial charge on any atom is 0.419 e. The van der Waals surface area contributed by atoms with E-state index in [-0.39, 0.29) is 5.82 Å². The Kier molecular flexibility index (Phi) is 4.46. The van der Waals surface area contributed by atoms with Crippen LogP contribution in [0, 0.1) is 0 Å². The fourth-order valence-corrected chi connectivity index (χ4v) is 3.23. The monoisotopic (exact) mass is 408 g/mol. The second-order valence-electron chi connectivity index (χ2n) is 6.15. The highest BCUT2D eigenvalue weighted by molar-refractivity contribution is 6.35. The molecule has 0 aliphatic rings. The van der Waals surface area contributed by atoms with Gasteiger partial charge in [0, 0.05) is 5.39 Å². The smallest absolute Gasteiger partial charge is 0.419 e. The normalized spacial score (nSPS) is 12.0. The van der Waals surface area contributed by atoms with Crippen molar-refractivity contribution in [2.24, 2.45) is 0 Å². The van der Waals surface area contributed by atoms with Gasteiger partial charge in [-0.1, -0.05) is 29.8 Å². The van der Waals surface area contributed by atoms with Crippen molar-refractivity contribution in [2.45, 2.75) is 19.0 Å². The predicted octanol–water partition coefficient (Wildman–Crippen LogP) is 4.78. The summed E-state index contributed by atoms with van der Waals surface area (Å²) in [5.41, 5.74) is 0.557. The third-order valence-electron chi connectivity index (χ3n) is 4.32. The van der Waals surface area contributed by atoms with Crippen LogP contribution in [-0.4, -0.2) is 25.7 Å². The Morgan fingerprint density at radius 1 is 1.11 bits per heavy atom. The minimum atomic E-state index is -4.61. The van der Waals surface area contributed by atoms with Crippen molar-refractivity contribution in [1.29, 1.82) is 0 Å². The van der Waals surface area contributed by atoms with Gasteiger partial charge in [-0.3, -0.25) is 0 Å². The van der Waals surface area contributed by atoms with Crippen molar-refractivity contribution in [3.8, 4) is 17.3 Å². The van der Waals surface area contributed by atoms with E-state index in [0.29, 0.717) is 34.8 Å². The molecule has 0 spiro atoms. The number of rotatable bonds is 4. The summed E-state index contributed by atoms with van der Waals surface area (Å²) in [5.74, 6) is -0.103. The van der Waals surface area contributed by atoms with Gasteiger partial charge in [-0.05, 0) is 47.4 Å². The third-order valence-corrected chi connectivity index (χ3v) is 4.74. The third kappa shape index (κ3) is 3.40. The molecule has 0 unspecified atom stereocenters. The number of hydrogen-bond acceptors (Lipinski definition) is 5. The van der Waals surface area contributed by atoms with Crippen LogP contribution in [0.25, 0.3) is 22.6 Å². The molecule has 6 nitrogen and oxygen atoms in total. The first-order valence-corrected chi connectivity index (χ1v) is 8.54. The number of nitrogens with one attached hydrogen (secondary N) is 1. The predicted molar refractivity (Wildman–Crippen MR) is 94.9 cm³/mol. The van der Waals surface area contributed by atoms with Crippen LogP contribution in [0.1, 0.15) is 16.7 Å². The number of aromatic hydroxyl groups is 1. The molecule has 0 atom stereocenters. The number of halogens is 4. The van der Waals surface area contributed by atoms with Crippen molar-refractivity contribution in [3.63, 3.8) is 0 Å². The average molecular weight is 409 g/mol. The molecule has 0 aliphatic carbocycles. The molecule has 4 aromatic rings. The zero-order valence-electron chi connectivity index (χ0n) is 14.1. The van der Waals surface area contributed by atoms with Crippen LogP contribution < -0.4 is 0 Å². The number of fused-ring (bicyclic) bond motifs is 1. The number of benzene rings is 2. The lowest BCUT2D eigenvalue weighted by Gasteiger charge is -2.11. The first-order chi connectivity index (χ1) is 13.3. The van der Waals surface area contributed by atoms with Crippen LogP contribution in [0.2, 0.25) is 5.02 Å². The molecule has 2 aromatic carbocycles. The fourth-order valence-electron chi connectivity index (χ4n) is 2.92. The summed E-state index contributed by atoms with van der Waals surface area (Å²) in [6, 6.07) is 8.78. The van der Waals surface area contributed by atoms with Crippen molar-refractivity contribution >= 4 is 22.6 Å². The largest absolute Gasteiger partial charge is 0.507 e. The second kappa shape index (κ2) is 6.83. The number of aromatic amines is 1. The van der Waals surface area contributed by atoms with Crippen LogP contribution in [0.5, 0.6) is 5.75 Å². The van der Waals surface area contributed by atoms with E-state index in [0.717, 1.165) is 23.1 Å². The van der Waals surface area contributed by atoms with E-state index in [1.165, 1.54) is 6.07 Å². The van der Waals surface area contributed by atoms with Crippen molar-refractivity contribution in [3.05, 3.63) is 58.1 Å². The van der Waals surface area contributed by atoms with Gasteiger partial charge < -0.3 is 9.52 Å². The van der Waals surface area contributed by atoms with Gasteiger partial charge in [-0.25, -0.2) is 0 Å². The number of alkyl halides is 3. The quantitative estimate of drug-likeness (QED) is 0.507. The Labute approximate surface area is 160 Å². The van der Waals surface area contributed by atoms with Gasteiger partial charge in [0.25, 0.3) is 0 Å². The maximum atomic E-state index is 12.9. The minimum Gasteiger partial charge on any atom is -0.507 e. The summed E-state index contributed by atoms with van der Waals surface area (Å²) >= 11 is 6.43. The number of phenolic OH excluding ortho intramolecular Hbond substituents is 1. The first kappa shape index (κ1) is 18.3. The summed E-state index contributed by atoms with van der Waals surface area (Å²) in [6.45, 7) is 0. The summed E-state index contributed by atoms with van der Waals surface area (Å²) < 4.78 is 44.5. The summed E-state index contributed by atoms with van der Waals surface area (Å²) in [5, 5.41) is 24.1. The molecule has 0 aliphatic heterocycles. The van der Waals surface area contributed by atoms with Crippen LogP contribution in [-0.2, 0) is 19.0 Å². The van der Waals surface area contributed by atoms with Gasteiger partial charge in [0.15, 0.2) is 11.3 Å². The highest BCUT2D eigenvalue weighted by atomic mass is 35.5. The minimum absolute atomic E-state index is 0.289. The zero-order valence-corrected chi connectivity index (χ0v) is 14.8. The summed E-state index contributed by atoms with van der Waals surface area (Å²) in [7, 11) is 0. The lowest BCUT2D eigenvalue weighted by molar-refractivity contribution is -0.138. The number of aromatic nitrogens is 4. The molecule has 0 saturated carbocycles. The van der Waals surface area contributed by atoms with Crippen molar-refractivity contribution in [1.82, 2.24) is 20.6 Å². The van der Waals surface area contributed by atoms with Gasteiger partial charge >= 0.3 is 6.18 Å². The number of aryl methyl sites for hydroxylation is 2. The highest BCUT2D eigenvalue weighted by Gasteiger charge is 2.33. The Balaban J connectivity index is 1.60. The lowest BCUT2D eigenvalue weighted by Crippen LogP contribution is -2.06. The molecule has 0 amide bonds. The van der Waals surface area contributed by atoms with Crippen LogP contribution >= 0.6 is 11.6 Å². The van der Waals surface area contributed by atoms with Gasteiger partial charge in [0.1, 0.15) is 5.75 Å². The molecule has 10 heteroatoms. The Hall–Kier alpha value is -3.07. The van der Waals surface area contributed by atoms with Gasteiger partial charge in [0.05, 0.1) is 10.6 Å². The van der Waals surface area contributed by atoms with E-state index in [9.17, 15) is 18.3 Å². The Morgan fingerprint density at radius 2 is 1.93 bits per heavy atom. The molecule has 0 bridgehead atoms. The fraction of sp³-hybridized carbons (Fsp3) is 0.167. The molecular weight excluding hydrogens is 397 g/mol. The average Bonchev–Trinajstić information content (AvgIpc) is 3.31. The molecular formula is C18H12ClF3N4O2. The van der Waals surface area contributed by atoms with Crippen LogP contribution in [0.3, 0.4) is 0 Å². The molecule has 2 aromatic heterocycles. The second-order valence-corrected chi connectivity index (χ2v) is 6.53. The zero-order chi connectivity index (χ0) is 19.9. The molecule has 0 fully saturated rings. The number of H-pyrrole nitrogens is 1. The molecule has 28 heavy (non-hydrogen) atoms. The molecule has 2 heterocycles. The topological polar surface area (TPSA) is 87.8 Å². The molecule has 4 rings (SSSR count). The maximum absolute atomic E-state index is 12.9. The summed E-state index contributed by atoms with van der Waals surface area (Å²) in [4.78, 5) is 0. The molecule has 144 valence electrons.